The number of hydrogen-bond donors (Lipinski definition) is 3. The molecule has 0 aliphatic heterocycles. The minimum absolute atomic E-state index is 0.105. The van der Waals surface area contributed by atoms with Crippen molar-refractivity contribution < 1.29 is 14.1 Å². The van der Waals surface area contributed by atoms with Crippen LogP contribution in [0.3, 0.4) is 0 Å². The number of fused-ring (bicyclic) bond motifs is 2. The molecule has 0 saturated carbocycles. The van der Waals surface area contributed by atoms with Gasteiger partial charge in [0.25, 0.3) is 0 Å². The fraction of sp³-hybridized carbons (Fsp3) is 0.0370. The monoisotopic (exact) mass is 452 g/mol. The second-order valence-electron chi connectivity index (χ2n) is 7.87. The molecule has 33 heavy (non-hydrogen) atoms. The first-order chi connectivity index (χ1) is 16.1. The Morgan fingerprint density at radius 1 is 0.758 bits per heavy atom. The molecule has 5 nitrogen and oxygen atoms in total. The zero-order valence-corrected chi connectivity index (χ0v) is 18.4. The fourth-order valence-electron chi connectivity index (χ4n) is 4.21. The molecule has 0 fully saturated rings. The molecule has 0 atom stereocenters. The number of carbonyl (C=O) groups excluding carboxylic acids is 2. The van der Waals surface area contributed by atoms with Crippen LogP contribution in [0.4, 0.5) is 17.1 Å². The molecule has 4 N–H and O–H groups in total. The van der Waals surface area contributed by atoms with E-state index in [-0.39, 0.29) is 28.4 Å². The molecule has 0 radical (unpaired) electrons. The molecule has 0 amide bonds. The summed E-state index contributed by atoms with van der Waals surface area (Å²) in [4.78, 5) is 27.0. The summed E-state index contributed by atoms with van der Waals surface area (Å²) >= 11 is 0.454. The lowest BCUT2D eigenvalue weighted by Crippen LogP contribution is -2.24. The lowest BCUT2D eigenvalue weighted by atomic mass is 9.82. The van der Waals surface area contributed by atoms with Crippen LogP contribution in [0.25, 0.3) is 0 Å². The number of carbonyl (C=O) groups is 2. The Balaban J connectivity index is 1.58. The van der Waals surface area contributed by atoms with Gasteiger partial charge >= 0.3 is 0 Å². The van der Waals surface area contributed by atoms with E-state index < -0.39 is 0 Å². The van der Waals surface area contributed by atoms with E-state index in [1.807, 2.05) is 42.5 Å². The summed E-state index contributed by atoms with van der Waals surface area (Å²) in [5.74, 6) is -0.598. The van der Waals surface area contributed by atoms with E-state index in [0.29, 0.717) is 33.8 Å². The van der Waals surface area contributed by atoms with Crippen molar-refractivity contribution in [1.82, 2.24) is 0 Å². The summed E-state index contributed by atoms with van der Waals surface area (Å²) in [5.41, 5.74) is 10.8. The van der Waals surface area contributed by atoms with E-state index in [9.17, 15) is 14.1 Å². The maximum Gasteiger partial charge on any atom is 0.196 e. The Morgan fingerprint density at radius 2 is 1.39 bits per heavy atom. The van der Waals surface area contributed by atoms with Gasteiger partial charge in [0.15, 0.2) is 11.6 Å². The van der Waals surface area contributed by atoms with Crippen LogP contribution < -0.4 is 11.1 Å². The largest absolute Gasteiger partial charge is 0.397 e. The van der Waals surface area contributed by atoms with E-state index >= 15 is 0 Å². The van der Waals surface area contributed by atoms with Gasteiger partial charge in [-0.3, -0.25) is 9.59 Å². The number of benzene rings is 4. The normalized spacial score (nSPS) is 12.3. The summed E-state index contributed by atoms with van der Waals surface area (Å²) in [6.45, 7) is 0. The highest BCUT2D eigenvalue weighted by atomic mass is 32.2. The maximum atomic E-state index is 13.4. The zero-order valence-electron chi connectivity index (χ0n) is 17.5. The van der Waals surface area contributed by atoms with E-state index in [2.05, 4.69) is 17.4 Å². The third-order valence-corrected chi connectivity index (χ3v) is 6.29. The number of nitrogens with two attached hydrogens (primary N) is 1. The molecule has 0 saturated heterocycles. The molecule has 0 heterocycles. The van der Waals surface area contributed by atoms with E-state index in [4.69, 9.17) is 5.73 Å². The smallest absolute Gasteiger partial charge is 0.196 e. The number of nitrogen functional groups attached to an aromatic ring is 1. The molecule has 0 unspecified atom stereocenters. The molecule has 162 valence electrons. The van der Waals surface area contributed by atoms with Gasteiger partial charge in [-0.15, -0.1) is 0 Å². The third-order valence-electron chi connectivity index (χ3n) is 5.76. The van der Waals surface area contributed by atoms with Gasteiger partial charge in [0.1, 0.15) is 0 Å². The van der Waals surface area contributed by atoms with E-state index in [1.54, 1.807) is 30.3 Å². The van der Waals surface area contributed by atoms with Crippen molar-refractivity contribution in [2.24, 2.45) is 0 Å². The minimum atomic E-state index is -0.325. The fourth-order valence-corrected chi connectivity index (χ4v) is 4.58. The highest BCUT2D eigenvalue weighted by Gasteiger charge is 2.34. The molecule has 0 bridgehead atoms. The number of anilines is 3. The number of nitrogens with one attached hydrogen (secondary N) is 1. The topological polar surface area (TPSA) is 92.4 Å². The van der Waals surface area contributed by atoms with Crippen LogP contribution in [-0.4, -0.2) is 16.1 Å². The lowest BCUT2D eigenvalue weighted by molar-refractivity contribution is 0.0980. The molecule has 1 aliphatic rings. The molecule has 0 spiro atoms. The van der Waals surface area contributed by atoms with Crippen LogP contribution in [0.1, 0.15) is 43.0 Å². The highest BCUT2D eigenvalue weighted by molar-refractivity contribution is 7.94. The average Bonchev–Trinajstić information content (AvgIpc) is 2.84. The van der Waals surface area contributed by atoms with Crippen molar-refractivity contribution in [2.45, 2.75) is 11.3 Å². The predicted molar refractivity (Wildman–Crippen MR) is 132 cm³/mol. The summed E-state index contributed by atoms with van der Waals surface area (Å²) in [5, 5.41) is 3.29. The van der Waals surface area contributed by atoms with Crippen molar-refractivity contribution in [2.75, 3.05) is 11.1 Å². The quantitative estimate of drug-likeness (QED) is 0.226. The second-order valence-corrected chi connectivity index (χ2v) is 8.49. The molecule has 5 rings (SSSR count). The summed E-state index contributed by atoms with van der Waals surface area (Å²) in [6, 6.07) is 26.3. The van der Waals surface area contributed by atoms with E-state index in [0.717, 1.165) is 17.7 Å². The number of hydrogen-bond acceptors (Lipinski definition) is 6. The average molecular weight is 453 g/mol. The van der Waals surface area contributed by atoms with Crippen LogP contribution in [0, 0.1) is 0 Å². The van der Waals surface area contributed by atoms with Gasteiger partial charge in [0.05, 0.1) is 27.4 Å². The SMILES string of the molecule is Nc1c(SO)cc(Nc2cccc(Cc3ccccc3)c2)c2c1C(=O)c1ccccc1C2=O. The molecular weight excluding hydrogens is 432 g/mol. The van der Waals surface area contributed by atoms with Crippen molar-refractivity contribution in [3.05, 3.63) is 118 Å². The van der Waals surface area contributed by atoms with Crippen molar-refractivity contribution in [3.63, 3.8) is 0 Å². The Bertz CT molecular complexity index is 1400. The number of rotatable bonds is 5. The first-order valence-corrected chi connectivity index (χ1v) is 11.2. The minimum Gasteiger partial charge on any atom is -0.397 e. The molecular formula is C27H20N2O3S. The molecule has 1 aliphatic carbocycles. The first kappa shape index (κ1) is 21.0. The van der Waals surface area contributed by atoms with Gasteiger partial charge in [-0.2, -0.15) is 0 Å². The highest BCUT2D eigenvalue weighted by Crippen LogP contribution is 2.41. The standard InChI is InChI=1S/C27H20N2O3S/c28-25-22(33-32)15-21(23-24(25)27(31)20-12-5-4-11-19(20)26(23)30)29-18-10-6-9-17(14-18)13-16-7-2-1-3-8-16/h1-12,14-15,29,32H,13,28H2. The third kappa shape index (κ3) is 3.80. The summed E-state index contributed by atoms with van der Waals surface area (Å²) in [6.07, 6.45) is 0.763. The van der Waals surface area contributed by atoms with Crippen LogP contribution in [0.2, 0.25) is 0 Å². The van der Waals surface area contributed by atoms with Crippen LogP contribution in [0.5, 0.6) is 0 Å². The van der Waals surface area contributed by atoms with Gasteiger partial charge in [-0.1, -0.05) is 66.7 Å². The second kappa shape index (κ2) is 8.58. The Morgan fingerprint density at radius 3 is 2.09 bits per heavy atom. The van der Waals surface area contributed by atoms with Gasteiger partial charge in [0, 0.05) is 28.9 Å². The molecule has 0 aromatic heterocycles. The zero-order chi connectivity index (χ0) is 22.9. The Labute approximate surface area is 195 Å². The predicted octanol–water partition coefficient (Wildman–Crippen LogP) is 5.94. The first-order valence-electron chi connectivity index (χ1n) is 10.4. The van der Waals surface area contributed by atoms with Crippen LogP contribution in [-0.2, 0) is 6.42 Å². The van der Waals surface area contributed by atoms with Gasteiger partial charge < -0.3 is 15.6 Å². The van der Waals surface area contributed by atoms with Crippen LogP contribution >= 0.6 is 12.0 Å². The Hall–Kier alpha value is -3.87. The Kier molecular flexibility index (Phi) is 5.46. The number of ketones is 2. The molecule has 4 aromatic rings. The molecule has 6 heteroatoms. The van der Waals surface area contributed by atoms with E-state index in [1.165, 1.54) is 5.56 Å². The molecule has 4 aromatic carbocycles. The van der Waals surface area contributed by atoms with Crippen molar-refractivity contribution in [3.8, 4) is 0 Å². The van der Waals surface area contributed by atoms with Crippen LogP contribution in [0.15, 0.2) is 89.8 Å². The summed E-state index contributed by atoms with van der Waals surface area (Å²) < 4.78 is 9.78. The maximum absolute atomic E-state index is 13.4. The van der Waals surface area contributed by atoms with Gasteiger partial charge in [0.2, 0.25) is 0 Å². The summed E-state index contributed by atoms with van der Waals surface area (Å²) in [7, 11) is 0. The lowest BCUT2D eigenvalue weighted by Gasteiger charge is -2.23. The van der Waals surface area contributed by atoms with Crippen molar-refractivity contribution >= 4 is 40.7 Å². The van der Waals surface area contributed by atoms with Gasteiger partial charge in [-0.25, -0.2) is 0 Å². The van der Waals surface area contributed by atoms with Crippen molar-refractivity contribution in [1.29, 1.82) is 0 Å². The van der Waals surface area contributed by atoms with Gasteiger partial charge in [-0.05, 0) is 35.7 Å².